The van der Waals surface area contributed by atoms with Crippen molar-refractivity contribution in [3.63, 3.8) is 0 Å². The Kier molecular flexibility index (Phi) is 4.93. The summed E-state index contributed by atoms with van der Waals surface area (Å²) in [5.41, 5.74) is -1.08. The smallest absolute Gasteiger partial charge is 0.298 e. The Morgan fingerprint density at radius 3 is 2.50 bits per heavy atom. The topological polar surface area (TPSA) is 73.6 Å². The average Bonchev–Trinajstić information content (AvgIpc) is 2.31. The third-order valence-corrected chi connectivity index (χ3v) is 2.20. The van der Waals surface area contributed by atoms with E-state index < -0.39 is 34.2 Å². The fourth-order valence-electron chi connectivity index (χ4n) is 1.33. The molecule has 1 N–H and O–H groups in total. The SMILES string of the molecule is COC(CNc1c(F)cc(F)cc1[N+](=O)[O-])OC. The van der Waals surface area contributed by atoms with Gasteiger partial charge in [-0.1, -0.05) is 0 Å². The average molecular weight is 262 g/mol. The van der Waals surface area contributed by atoms with Crippen molar-refractivity contribution >= 4 is 11.4 Å². The summed E-state index contributed by atoms with van der Waals surface area (Å²) in [6.45, 7) is -0.0175. The highest BCUT2D eigenvalue weighted by Crippen LogP contribution is 2.28. The lowest BCUT2D eigenvalue weighted by atomic mass is 10.2. The van der Waals surface area contributed by atoms with Gasteiger partial charge in [0.05, 0.1) is 17.5 Å². The van der Waals surface area contributed by atoms with Crippen LogP contribution in [0.5, 0.6) is 0 Å². The maximum Gasteiger partial charge on any atom is 0.298 e. The highest BCUT2D eigenvalue weighted by atomic mass is 19.1. The van der Waals surface area contributed by atoms with E-state index in [9.17, 15) is 18.9 Å². The second kappa shape index (κ2) is 6.22. The molecule has 0 heterocycles. The van der Waals surface area contributed by atoms with Gasteiger partial charge in [-0.3, -0.25) is 10.1 Å². The molecule has 0 unspecified atom stereocenters. The third-order valence-electron chi connectivity index (χ3n) is 2.20. The van der Waals surface area contributed by atoms with Crippen LogP contribution >= 0.6 is 0 Å². The van der Waals surface area contributed by atoms with Gasteiger partial charge in [0, 0.05) is 20.3 Å². The van der Waals surface area contributed by atoms with Gasteiger partial charge in [0.2, 0.25) is 0 Å². The summed E-state index contributed by atoms with van der Waals surface area (Å²) in [7, 11) is 2.73. The van der Waals surface area contributed by atoms with Crippen LogP contribution in [0.25, 0.3) is 0 Å². The van der Waals surface area contributed by atoms with Crippen LogP contribution in [0.1, 0.15) is 0 Å². The molecule has 0 bridgehead atoms. The van der Waals surface area contributed by atoms with Gasteiger partial charge in [0.1, 0.15) is 11.5 Å². The number of hydrogen-bond donors (Lipinski definition) is 1. The van der Waals surface area contributed by atoms with Crippen molar-refractivity contribution in [1.29, 1.82) is 0 Å². The fraction of sp³-hybridized carbons (Fsp3) is 0.400. The van der Waals surface area contributed by atoms with Crippen molar-refractivity contribution in [3.8, 4) is 0 Å². The number of nitro benzene ring substituents is 1. The van der Waals surface area contributed by atoms with Gasteiger partial charge in [-0.2, -0.15) is 0 Å². The number of methoxy groups -OCH3 is 2. The first kappa shape index (κ1) is 14.3. The van der Waals surface area contributed by atoms with E-state index in [0.717, 1.165) is 0 Å². The fourth-order valence-corrected chi connectivity index (χ4v) is 1.33. The summed E-state index contributed by atoms with van der Waals surface area (Å²) in [6, 6.07) is 1.20. The van der Waals surface area contributed by atoms with Crippen molar-refractivity contribution < 1.29 is 23.2 Å². The van der Waals surface area contributed by atoms with E-state index in [-0.39, 0.29) is 6.54 Å². The van der Waals surface area contributed by atoms with Crippen LogP contribution in [0.2, 0.25) is 0 Å². The van der Waals surface area contributed by atoms with Crippen LogP contribution in [-0.2, 0) is 9.47 Å². The molecule has 0 amide bonds. The van der Waals surface area contributed by atoms with Crippen molar-refractivity contribution in [2.75, 3.05) is 26.1 Å². The number of halogens is 2. The largest absolute Gasteiger partial charge is 0.372 e. The first-order chi connectivity index (χ1) is 8.49. The summed E-state index contributed by atoms with van der Waals surface area (Å²) in [5, 5.41) is 13.1. The van der Waals surface area contributed by atoms with E-state index in [4.69, 9.17) is 9.47 Å². The zero-order chi connectivity index (χ0) is 13.7. The highest BCUT2D eigenvalue weighted by Gasteiger charge is 2.21. The van der Waals surface area contributed by atoms with Crippen LogP contribution < -0.4 is 5.32 Å². The monoisotopic (exact) mass is 262 g/mol. The number of nitrogens with zero attached hydrogens (tertiary/aromatic N) is 1. The van der Waals surface area contributed by atoms with Crippen molar-refractivity contribution in [2.24, 2.45) is 0 Å². The van der Waals surface area contributed by atoms with E-state index in [1.807, 2.05) is 0 Å². The minimum atomic E-state index is -1.05. The van der Waals surface area contributed by atoms with E-state index in [1.165, 1.54) is 14.2 Å². The van der Waals surface area contributed by atoms with Crippen LogP contribution in [0.15, 0.2) is 12.1 Å². The van der Waals surface area contributed by atoms with E-state index in [2.05, 4.69) is 5.32 Å². The van der Waals surface area contributed by atoms with E-state index in [1.54, 1.807) is 0 Å². The van der Waals surface area contributed by atoms with Crippen LogP contribution in [0.4, 0.5) is 20.2 Å². The molecule has 1 aromatic carbocycles. The Labute approximate surface area is 102 Å². The summed E-state index contributed by atoms with van der Waals surface area (Å²) in [4.78, 5) is 9.81. The number of hydrogen-bond acceptors (Lipinski definition) is 5. The maximum absolute atomic E-state index is 13.4. The molecule has 0 fully saturated rings. The number of nitro groups is 1. The van der Waals surface area contributed by atoms with E-state index in [0.29, 0.717) is 12.1 Å². The Morgan fingerprint density at radius 1 is 1.39 bits per heavy atom. The summed E-state index contributed by atoms with van der Waals surface area (Å²) >= 11 is 0. The molecule has 0 aliphatic rings. The molecule has 1 rings (SSSR count). The van der Waals surface area contributed by atoms with Crippen molar-refractivity contribution in [2.45, 2.75) is 6.29 Å². The van der Waals surface area contributed by atoms with Gasteiger partial charge < -0.3 is 14.8 Å². The molecule has 18 heavy (non-hydrogen) atoms. The normalized spacial score (nSPS) is 10.7. The number of anilines is 1. The van der Waals surface area contributed by atoms with Crippen LogP contribution in [0.3, 0.4) is 0 Å². The molecular formula is C10H12F2N2O4. The standard InChI is InChI=1S/C10H12F2N2O4/c1-17-9(18-2)5-13-10-7(12)3-6(11)4-8(10)14(15)16/h3-4,9,13H,5H2,1-2H3. The lowest BCUT2D eigenvalue weighted by Crippen LogP contribution is -2.24. The minimum absolute atomic E-state index is 0.0175. The molecule has 0 aliphatic carbocycles. The van der Waals surface area contributed by atoms with Gasteiger partial charge in [-0.05, 0) is 0 Å². The Morgan fingerprint density at radius 2 is 2.00 bits per heavy atom. The molecule has 0 aliphatic heterocycles. The first-order valence-corrected chi connectivity index (χ1v) is 4.92. The molecule has 0 aromatic heterocycles. The predicted molar refractivity (Wildman–Crippen MR) is 59.3 cm³/mol. The van der Waals surface area contributed by atoms with Crippen molar-refractivity contribution in [3.05, 3.63) is 33.9 Å². The summed E-state index contributed by atoms with van der Waals surface area (Å²) < 4.78 is 36.0. The number of nitrogens with one attached hydrogen (secondary N) is 1. The first-order valence-electron chi connectivity index (χ1n) is 4.92. The number of ether oxygens (including phenoxy) is 2. The maximum atomic E-state index is 13.4. The van der Waals surface area contributed by atoms with Crippen molar-refractivity contribution in [1.82, 2.24) is 0 Å². The van der Waals surface area contributed by atoms with Gasteiger partial charge in [0.15, 0.2) is 12.1 Å². The van der Waals surface area contributed by atoms with Crippen LogP contribution in [-0.4, -0.2) is 32.0 Å². The number of benzene rings is 1. The second-order valence-electron chi connectivity index (χ2n) is 3.32. The number of rotatable bonds is 6. The zero-order valence-corrected chi connectivity index (χ0v) is 9.78. The van der Waals surface area contributed by atoms with Gasteiger partial charge in [-0.25, -0.2) is 8.78 Å². The quantitative estimate of drug-likeness (QED) is 0.481. The predicted octanol–water partition coefficient (Wildman–Crippen LogP) is 1.90. The molecule has 0 saturated carbocycles. The highest BCUT2D eigenvalue weighted by molar-refractivity contribution is 5.62. The molecule has 0 radical (unpaired) electrons. The van der Waals surface area contributed by atoms with E-state index >= 15 is 0 Å². The van der Waals surface area contributed by atoms with Crippen LogP contribution in [0, 0.1) is 21.7 Å². The zero-order valence-electron chi connectivity index (χ0n) is 9.78. The molecule has 6 nitrogen and oxygen atoms in total. The second-order valence-corrected chi connectivity index (χ2v) is 3.32. The molecule has 100 valence electrons. The van der Waals surface area contributed by atoms with Gasteiger partial charge >= 0.3 is 0 Å². The Balaban J connectivity index is 2.96. The minimum Gasteiger partial charge on any atom is -0.372 e. The summed E-state index contributed by atoms with van der Waals surface area (Å²) in [6.07, 6.45) is -0.700. The lowest BCUT2D eigenvalue weighted by molar-refractivity contribution is -0.384. The summed E-state index contributed by atoms with van der Waals surface area (Å²) in [5.74, 6) is -2.06. The third kappa shape index (κ3) is 3.34. The molecule has 8 heteroatoms. The molecule has 0 atom stereocenters. The molecule has 0 spiro atoms. The molecule has 0 saturated heterocycles. The molecule has 1 aromatic rings. The lowest BCUT2D eigenvalue weighted by Gasteiger charge is -2.15. The molecular weight excluding hydrogens is 250 g/mol. The Hall–Kier alpha value is -1.80. The Bertz CT molecular complexity index is 438. The van der Waals surface area contributed by atoms with Gasteiger partial charge in [-0.15, -0.1) is 0 Å². The van der Waals surface area contributed by atoms with Gasteiger partial charge in [0.25, 0.3) is 5.69 Å².